The van der Waals surface area contributed by atoms with E-state index in [9.17, 15) is 0 Å². The van der Waals surface area contributed by atoms with Gasteiger partial charge in [0.05, 0.1) is 0 Å². The molecule has 0 rings (SSSR count). The number of nitrogens with two attached hydrogens (primary N) is 2. The Morgan fingerprint density at radius 3 is 2.14 bits per heavy atom. The van der Waals surface area contributed by atoms with Crippen molar-refractivity contribution in [1.82, 2.24) is 0 Å². The van der Waals surface area contributed by atoms with Crippen molar-refractivity contribution < 1.29 is 4.74 Å². The highest BCUT2D eigenvalue weighted by Crippen LogP contribution is 2.01. The molecular weight excluding hydrogens is 243 g/mol. The van der Waals surface area contributed by atoms with Crippen LogP contribution < -0.4 is 11.5 Å². The van der Waals surface area contributed by atoms with Gasteiger partial charge in [0.2, 0.25) is 0 Å². The van der Waals surface area contributed by atoms with Crippen LogP contribution in [0.3, 0.4) is 0 Å². The maximum Gasteiger partial charge on any atom is 0.159 e. The van der Waals surface area contributed by atoms with Crippen molar-refractivity contribution in [1.29, 1.82) is 0 Å². The van der Waals surface area contributed by atoms with E-state index < -0.39 is 0 Å². The van der Waals surface area contributed by atoms with Crippen molar-refractivity contribution >= 4 is 42.1 Å². The zero-order chi connectivity index (χ0) is 9.23. The number of unbranched alkanes of at least 4 members (excludes halogenated alkanes) is 2. The summed E-state index contributed by atoms with van der Waals surface area (Å²) < 4.78 is 5.15. The van der Waals surface area contributed by atoms with Gasteiger partial charge >= 0.3 is 0 Å². The fraction of sp³-hybridized carbons (Fsp3) is 0.875. The van der Waals surface area contributed by atoms with Crippen LogP contribution in [0.1, 0.15) is 25.7 Å². The van der Waals surface area contributed by atoms with Crippen molar-refractivity contribution in [3.05, 3.63) is 0 Å². The van der Waals surface area contributed by atoms with Crippen molar-refractivity contribution in [2.45, 2.75) is 25.7 Å². The van der Waals surface area contributed by atoms with Gasteiger partial charge in [-0.05, 0) is 31.6 Å². The summed E-state index contributed by atoms with van der Waals surface area (Å²) in [5.41, 5.74) is 10.6. The van der Waals surface area contributed by atoms with E-state index in [4.69, 9.17) is 28.4 Å². The number of hydrogen-bond donors (Lipinski definition) is 2. The van der Waals surface area contributed by atoms with Crippen molar-refractivity contribution in [3.63, 3.8) is 0 Å². The summed E-state index contributed by atoms with van der Waals surface area (Å²) in [6.07, 6.45) is 4.12. The summed E-state index contributed by atoms with van der Waals surface area (Å²) >= 11 is 4.96. The minimum absolute atomic E-state index is 0. The lowest BCUT2D eigenvalue weighted by molar-refractivity contribution is 0.314. The Balaban J connectivity index is -0.000000605. The Labute approximate surface area is 104 Å². The van der Waals surface area contributed by atoms with E-state index in [-0.39, 0.29) is 24.8 Å². The van der Waals surface area contributed by atoms with E-state index in [1.807, 2.05) is 0 Å². The molecule has 3 nitrogen and oxygen atoms in total. The molecule has 6 heteroatoms. The normalized spacial score (nSPS) is 8.43. The molecule has 0 saturated heterocycles. The van der Waals surface area contributed by atoms with Gasteiger partial charge < -0.3 is 16.2 Å². The van der Waals surface area contributed by atoms with E-state index in [1.54, 1.807) is 0 Å². The van der Waals surface area contributed by atoms with Crippen LogP contribution in [0.25, 0.3) is 0 Å². The summed E-state index contributed by atoms with van der Waals surface area (Å²) in [6, 6.07) is 0. The minimum atomic E-state index is 0. The zero-order valence-electron chi connectivity index (χ0n) is 8.24. The molecule has 0 bridgehead atoms. The third-order valence-electron chi connectivity index (χ3n) is 1.47. The molecule has 14 heavy (non-hydrogen) atoms. The van der Waals surface area contributed by atoms with Crippen LogP contribution in [-0.2, 0) is 4.74 Å². The molecule has 88 valence electrons. The second-order valence-electron chi connectivity index (χ2n) is 2.61. The molecule has 0 unspecified atom stereocenters. The average Bonchev–Trinajstić information content (AvgIpc) is 2.09. The molecule has 0 saturated carbocycles. The van der Waals surface area contributed by atoms with Crippen LogP contribution >= 0.6 is 37.0 Å². The highest BCUT2D eigenvalue weighted by molar-refractivity contribution is 7.80. The first-order chi connectivity index (χ1) is 5.81. The highest BCUT2D eigenvalue weighted by Gasteiger charge is 1.96. The molecule has 0 aliphatic carbocycles. The molecule has 0 aromatic rings. The number of hydrogen-bond acceptors (Lipinski definition) is 4. The molecule has 0 heterocycles. The Morgan fingerprint density at radius 2 is 1.64 bits per heavy atom. The number of rotatable bonds is 7. The largest absolute Gasteiger partial charge is 0.486 e. The summed E-state index contributed by atoms with van der Waals surface area (Å²) in [6.45, 7) is 1.83. The SMILES string of the molecule is Cl.Cl.NCCCCCC(=S)OCCN. The lowest BCUT2D eigenvalue weighted by atomic mass is 10.2. The third-order valence-corrected chi connectivity index (χ3v) is 1.79. The fourth-order valence-corrected chi connectivity index (χ4v) is 1.06. The molecule has 0 fully saturated rings. The number of ether oxygens (including phenoxy) is 1. The van der Waals surface area contributed by atoms with E-state index in [1.165, 1.54) is 0 Å². The summed E-state index contributed by atoms with van der Waals surface area (Å²) in [4.78, 5) is 0. The summed E-state index contributed by atoms with van der Waals surface area (Å²) in [5.74, 6) is 0. The van der Waals surface area contributed by atoms with Gasteiger partial charge in [-0.2, -0.15) is 0 Å². The lowest BCUT2D eigenvalue weighted by Gasteiger charge is -2.04. The Kier molecular flexibility index (Phi) is 22.5. The van der Waals surface area contributed by atoms with E-state index in [2.05, 4.69) is 0 Å². The second-order valence-corrected chi connectivity index (χ2v) is 3.06. The first-order valence-electron chi connectivity index (χ1n) is 4.37. The van der Waals surface area contributed by atoms with Gasteiger partial charge in [-0.1, -0.05) is 6.42 Å². The minimum Gasteiger partial charge on any atom is -0.486 e. The Hall–Kier alpha value is 0.390. The second kappa shape index (κ2) is 15.8. The van der Waals surface area contributed by atoms with Crippen LogP contribution in [0.5, 0.6) is 0 Å². The Morgan fingerprint density at radius 1 is 1.00 bits per heavy atom. The first kappa shape index (κ1) is 19.9. The summed E-state index contributed by atoms with van der Waals surface area (Å²) in [7, 11) is 0. The standard InChI is InChI=1S/C8H18N2OS.2ClH/c9-5-3-1-2-4-8(12)11-7-6-10;;/h1-7,9-10H2;2*1H. The Bertz CT molecular complexity index is 128. The predicted octanol–water partition coefficient (Wildman–Crippen LogP) is 1.65. The summed E-state index contributed by atoms with van der Waals surface area (Å²) in [5, 5.41) is 0.678. The molecule has 0 aliphatic rings. The number of thiocarbonyl (C=S) groups is 1. The fourth-order valence-electron chi connectivity index (χ4n) is 0.835. The smallest absolute Gasteiger partial charge is 0.159 e. The van der Waals surface area contributed by atoms with Crippen LogP contribution in [0.4, 0.5) is 0 Å². The molecular formula is C8H20Cl2N2OS. The monoisotopic (exact) mass is 262 g/mol. The molecule has 0 atom stereocenters. The van der Waals surface area contributed by atoms with Crippen LogP contribution in [0, 0.1) is 0 Å². The van der Waals surface area contributed by atoms with Gasteiger partial charge in [-0.3, -0.25) is 0 Å². The highest BCUT2D eigenvalue weighted by atomic mass is 35.5. The van der Waals surface area contributed by atoms with E-state index in [0.29, 0.717) is 18.2 Å². The molecule has 0 radical (unpaired) electrons. The van der Waals surface area contributed by atoms with Gasteiger partial charge in [0.15, 0.2) is 5.05 Å². The van der Waals surface area contributed by atoms with Gasteiger partial charge in [0.1, 0.15) is 6.61 Å². The van der Waals surface area contributed by atoms with Gasteiger partial charge in [-0.25, -0.2) is 0 Å². The van der Waals surface area contributed by atoms with Crippen molar-refractivity contribution in [3.8, 4) is 0 Å². The number of halogens is 2. The third kappa shape index (κ3) is 14.9. The first-order valence-corrected chi connectivity index (χ1v) is 4.78. The van der Waals surface area contributed by atoms with Gasteiger partial charge in [0, 0.05) is 13.0 Å². The quantitative estimate of drug-likeness (QED) is 0.541. The molecule has 4 N–H and O–H groups in total. The molecule has 0 amide bonds. The van der Waals surface area contributed by atoms with E-state index in [0.717, 1.165) is 32.2 Å². The topological polar surface area (TPSA) is 61.3 Å². The maximum absolute atomic E-state index is 5.34. The van der Waals surface area contributed by atoms with Crippen molar-refractivity contribution in [2.24, 2.45) is 11.5 Å². The molecule has 0 aromatic heterocycles. The van der Waals surface area contributed by atoms with Gasteiger partial charge in [-0.15, -0.1) is 24.8 Å². The van der Waals surface area contributed by atoms with Crippen molar-refractivity contribution in [2.75, 3.05) is 19.7 Å². The molecule has 0 aromatic carbocycles. The van der Waals surface area contributed by atoms with Crippen LogP contribution in [0.2, 0.25) is 0 Å². The van der Waals surface area contributed by atoms with Crippen LogP contribution in [0.15, 0.2) is 0 Å². The van der Waals surface area contributed by atoms with Crippen LogP contribution in [-0.4, -0.2) is 24.7 Å². The van der Waals surface area contributed by atoms with E-state index >= 15 is 0 Å². The van der Waals surface area contributed by atoms with Gasteiger partial charge in [0.25, 0.3) is 0 Å². The maximum atomic E-state index is 5.34. The zero-order valence-corrected chi connectivity index (χ0v) is 10.7. The lowest BCUT2D eigenvalue weighted by Crippen LogP contribution is -2.12. The molecule has 0 aliphatic heterocycles. The predicted molar refractivity (Wildman–Crippen MR) is 69.6 cm³/mol. The average molecular weight is 263 g/mol. The molecule has 0 spiro atoms.